The van der Waals surface area contributed by atoms with Crippen LogP contribution in [0.5, 0.6) is 0 Å². The highest BCUT2D eigenvalue weighted by Gasteiger charge is 2.77. The van der Waals surface area contributed by atoms with Gasteiger partial charge in [0.05, 0.1) is 0 Å². The second-order valence-corrected chi connectivity index (χ2v) is 5.26. The van der Waals surface area contributed by atoms with Crippen LogP contribution in [0.3, 0.4) is 0 Å². The van der Waals surface area contributed by atoms with Crippen molar-refractivity contribution in [3.8, 4) is 0 Å². The highest BCUT2D eigenvalue weighted by molar-refractivity contribution is 5.88. The average molecular weight is 267 g/mol. The van der Waals surface area contributed by atoms with Crippen molar-refractivity contribution in [1.82, 2.24) is 0 Å². The smallest absolute Gasteiger partial charge is 0.320 e. The van der Waals surface area contributed by atoms with Gasteiger partial charge in [0.25, 0.3) is 5.92 Å². The summed E-state index contributed by atoms with van der Waals surface area (Å²) in [6.45, 7) is 3.77. The number of carboxylic acid groups (broad SMARTS) is 1. The van der Waals surface area contributed by atoms with E-state index in [9.17, 15) is 13.6 Å². The number of aliphatic carboxylic acids is 1. The largest absolute Gasteiger partial charge is 0.480 e. The second-order valence-electron chi connectivity index (χ2n) is 5.26. The Balaban J connectivity index is 2.03. The van der Waals surface area contributed by atoms with Gasteiger partial charge in [-0.2, -0.15) is 0 Å². The van der Waals surface area contributed by atoms with E-state index in [2.05, 4.69) is 4.90 Å². The van der Waals surface area contributed by atoms with Crippen molar-refractivity contribution in [3.05, 3.63) is 29.3 Å². The number of rotatable bonds is 3. The summed E-state index contributed by atoms with van der Waals surface area (Å²) in [7, 11) is 0. The fraction of sp³-hybridized carbons (Fsp3) is 0.500. The van der Waals surface area contributed by atoms with E-state index in [1.165, 1.54) is 0 Å². The molecule has 1 heterocycles. The Labute approximate surface area is 109 Å². The molecule has 0 amide bonds. The summed E-state index contributed by atoms with van der Waals surface area (Å²) in [5, 5.41) is 9.15. The molecule has 1 aromatic carbocycles. The predicted octanol–water partition coefficient (Wildman–Crippen LogP) is 2.43. The lowest BCUT2D eigenvalue weighted by Crippen LogP contribution is -2.27. The molecule has 0 aromatic heterocycles. The van der Waals surface area contributed by atoms with Crippen molar-refractivity contribution in [3.63, 3.8) is 0 Å². The molecule has 1 saturated carbocycles. The molecule has 0 bridgehead atoms. The van der Waals surface area contributed by atoms with Crippen LogP contribution < -0.4 is 4.90 Å². The van der Waals surface area contributed by atoms with Gasteiger partial charge in [0.15, 0.2) is 5.41 Å². The van der Waals surface area contributed by atoms with E-state index < -0.39 is 23.7 Å². The van der Waals surface area contributed by atoms with E-state index >= 15 is 0 Å². The maximum atomic E-state index is 13.5. The third-order valence-corrected chi connectivity index (χ3v) is 4.30. The van der Waals surface area contributed by atoms with E-state index in [1.807, 2.05) is 6.92 Å². The molecule has 1 fully saturated rings. The Hall–Kier alpha value is -1.65. The molecule has 3 nitrogen and oxygen atoms in total. The summed E-state index contributed by atoms with van der Waals surface area (Å²) in [6, 6.07) is 4.97. The number of carbonyl (C=O) groups is 1. The third kappa shape index (κ3) is 1.50. The number of benzene rings is 1. The molecule has 1 unspecified atom stereocenters. The summed E-state index contributed by atoms with van der Waals surface area (Å²) in [5.41, 5.74) is 0.252. The Morgan fingerprint density at radius 2 is 2.16 bits per heavy atom. The monoisotopic (exact) mass is 267 g/mol. The number of hydrogen-bond donors (Lipinski definition) is 1. The van der Waals surface area contributed by atoms with Gasteiger partial charge in [-0.25, -0.2) is 8.78 Å². The molecule has 1 aliphatic carbocycles. The van der Waals surface area contributed by atoms with Crippen LogP contribution in [0.25, 0.3) is 0 Å². The SMILES string of the molecule is CCN1CCc2cc(C3(C(=O)O)CC3(F)F)ccc21. The van der Waals surface area contributed by atoms with Crippen LogP contribution in [0, 0.1) is 0 Å². The number of carboxylic acids is 1. The molecule has 5 heteroatoms. The van der Waals surface area contributed by atoms with Crippen LogP contribution >= 0.6 is 0 Å². The molecule has 1 aliphatic heterocycles. The molecular formula is C14H15F2NO2. The molecule has 1 aromatic rings. The van der Waals surface area contributed by atoms with E-state index in [4.69, 9.17) is 5.11 Å². The van der Waals surface area contributed by atoms with Gasteiger partial charge in [-0.15, -0.1) is 0 Å². The zero-order valence-electron chi connectivity index (χ0n) is 10.6. The number of halogens is 2. The summed E-state index contributed by atoms with van der Waals surface area (Å²) >= 11 is 0. The van der Waals surface area contributed by atoms with Crippen LogP contribution in [-0.2, 0) is 16.6 Å². The standard InChI is InChI=1S/C14H15F2NO2/c1-2-17-6-5-9-7-10(3-4-11(9)17)13(12(18)19)8-14(13,15)16/h3-4,7H,2,5-6,8H2,1H3,(H,18,19). The zero-order valence-corrected chi connectivity index (χ0v) is 10.6. The zero-order chi connectivity index (χ0) is 13.8. The fourth-order valence-corrected chi connectivity index (χ4v) is 3.02. The van der Waals surface area contributed by atoms with E-state index in [0.29, 0.717) is 0 Å². The second kappa shape index (κ2) is 3.68. The first-order chi connectivity index (χ1) is 8.92. The van der Waals surface area contributed by atoms with Crippen LogP contribution in [0.15, 0.2) is 18.2 Å². The summed E-state index contributed by atoms with van der Waals surface area (Å²) in [6.07, 6.45) is 0.198. The molecule has 102 valence electrons. The number of alkyl halides is 2. The van der Waals surface area contributed by atoms with E-state index in [-0.39, 0.29) is 5.56 Å². The summed E-state index contributed by atoms with van der Waals surface area (Å²) < 4.78 is 27.0. The maximum Gasteiger partial charge on any atom is 0.320 e. The number of fused-ring (bicyclic) bond motifs is 1. The van der Waals surface area contributed by atoms with Crippen molar-refractivity contribution < 1.29 is 18.7 Å². The third-order valence-electron chi connectivity index (χ3n) is 4.30. The van der Waals surface area contributed by atoms with Gasteiger partial charge >= 0.3 is 5.97 Å². The lowest BCUT2D eigenvalue weighted by molar-refractivity contribution is -0.142. The molecule has 2 aliphatic rings. The highest BCUT2D eigenvalue weighted by atomic mass is 19.3. The van der Waals surface area contributed by atoms with Crippen molar-refractivity contribution in [1.29, 1.82) is 0 Å². The van der Waals surface area contributed by atoms with E-state index in [1.54, 1.807) is 18.2 Å². The number of hydrogen-bond acceptors (Lipinski definition) is 2. The predicted molar refractivity (Wildman–Crippen MR) is 66.9 cm³/mol. The fourth-order valence-electron chi connectivity index (χ4n) is 3.02. The molecule has 1 N–H and O–H groups in total. The first kappa shape index (κ1) is 12.4. The van der Waals surface area contributed by atoms with Crippen LogP contribution in [-0.4, -0.2) is 30.1 Å². The first-order valence-electron chi connectivity index (χ1n) is 6.42. The minimum absolute atomic E-state index is 0.238. The summed E-state index contributed by atoms with van der Waals surface area (Å²) in [5.74, 6) is -4.56. The lowest BCUT2D eigenvalue weighted by Gasteiger charge is -2.18. The summed E-state index contributed by atoms with van der Waals surface area (Å²) in [4.78, 5) is 13.4. The number of likely N-dealkylation sites (N-methyl/N-ethyl adjacent to an activating group) is 1. The van der Waals surface area contributed by atoms with Crippen molar-refractivity contribution in [2.75, 3.05) is 18.0 Å². The van der Waals surface area contributed by atoms with Gasteiger partial charge in [0.2, 0.25) is 0 Å². The molecule has 0 saturated heterocycles. The maximum absolute atomic E-state index is 13.5. The van der Waals surface area contributed by atoms with Crippen molar-refractivity contribution in [2.24, 2.45) is 0 Å². The van der Waals surface area contributed by atoms with Gasteiger partial charge < -0.3 is 10.0 Å². The number of anilines is 1. The Kier molecular flexibility index (Phi) is 2.40. The minimum atomic E-state index is -3.13. The Morgan fingerprint density at radius 3 is 2.68 bits per heavy atom. The minimum Gasteiger partial charge on any atom is -0.480 e. The van der Waals surface area contributed by atoms with Crippen LogP contribution in [0.1, 0.15) is 24.5 Å². The lowest BCUT2D eigenvalue weighted by atomic mass is 9.93. The molecule has 0 spiro atoms. The quantitative estimate of drug-likeness (QED) is 0.914. The van der Waals surface area contributed by atoms with Gasteiger partial charge in [-0.3, -0.25) is 4.79 Å². The van der Waals surface area contributed by atoms with Gasteiger partial charge in [-0.1, -0.05) is 12.1 Å². The molecule has 1 atom stereocenters. The van der Waals surface area contributed by atoms with Crippen LogP contribution in [0.2, 0.25) is 0 Å². The highest BCUT2D eigenvalue weighted by Crippen LogP contribution is 2.62. The Bertz CT molecular complexity index is 558. The Morgan fingerprint density at radius 1 is 1.47 bits per heavy atom. The molecular weight excluding hydrogens is 252 g/mol. The van der Waals surface area contributed by atoms with Crippen molar-refractivity contribution >= 4 is 11.7 Å². The number of nitrogens with zero attached hydrogens (tertiary/aromatic N) is 1. The van der Waals surface area contributed by atoms with E-state index in [0.717, 1.165) is 30.8 Å². The first-order valence-corrected chi connectivity index (χ1v) is 6.42. The average Bonchev–Trinajstić information content (AvgIpc) is 2.78. The topological polar surface area (TPSA) is 40.5 Å². The van der Waals surface area contributed by atoms with Crippen molar-refractivity contribution in [2.45, 2.75) is 31.1 Å². The molecule has 0 radical (unpaired) electrons. The molecule has 3 rings (SSSR count). The van der Waals surface area contributed by atoms with Gasteiger partial charge in [0.1, 0.15) is 0 Å². The molecule has 19 heavy (non-hydrogen) atoms. The van der Waals surface area contributed by atoms with Gasteiger partial charge in [-0.05, 0) is 30.5 Å². The normalized spacial score (nSPS) is 27.2. The van der Waals surface area contributed by atoms with Gasteiger partial charge in [0, 0.05) is 25.2 Å². The van der Waals surface area contributed by atoms with Crippen LogP contribution in [0.4, 0.5) is 14.5 Å².